The Bertz CT molecular complexity index is 1230. The van der Waals surface area contributed by atoms with Crippen molar-refractivity contribution >= 4 is 23.6 Å². The molecule has 0 saturated carbocycles. The Morgan fingerprint density at radius 2 is 1.82 bits per heavy atom. The molecule has 0 fully saturated rings. The number of carbonyl (C=O) groups excluding carboxylic acids is 4. The number of Topliss-reactive ketones (excluding diaryl/α,β-unsaturated/α-hetero) is 1. The van der Waals surface area contributed by atoms with Gasteiger partial charge in [-0.3, -0.25) is 14.4 Å². The van der Waals surface area contributed by atoms with E-state index in [9.17, 15) is 34.5 Å². The van der Waals surface area contributed by atoms with Crippen LogP contribution in [-0.2, 0) is 19.1 Å². The van der Waals surface area contributed by atoms with Crippen molar-refractivity contribution in [1.82, 2.24) is 10.2 Å². The molecule has 1 heterocycles. The fraction of sp³-hybridized carbons (Fsp3) is 0.576. The van der Waals surface area contributed by atoms with E-state index in [-0.39, 0.29) is 36.0 Å². The van der Waals surface area contributed by atoms with Crippen molar-refractivity contribution < 1.29 is 39.2 Å². The lowest BCUT2D eigenvalue weighted by Gasteiger charge is -2.30. The van der Waals surface area contributed by atoms with E-state index < -0.39 is 54.4 Å². The van der Waals surface area contributed by atoms with Crippen molar-refractivity contribution in [3.05, 3.63) is 58.4 Å². The second-order valence-corrected chi connectivity index (χ2v) is 12.3. The third-order valence-electron chi connectivity index (χ3n) is 8.13. The SMILES string of the molecule is C/C1=C\C=C/[C@H](CO)[C@@H](OC(N)=O)/C(C)=C/[C@H](C)[C@@H](O)[C@@H](CO)C[C@H](C)CC2=C(CCCN(C)C)C(=O)C=C(NC1=O)C2=O. The fourth-order valence-electron chi connectivity index (χ4n) is 5.73. The number of primary amides is 1. The highest BCUT2D eigenvalue weighted by atomic mass is 16.6. The predicted octanol–water partition coefficient (Wildman–Crippen LogP) is 2.33. The van der Waals surface area contributed by atoms with Crippen LogP contribution in [0.5, 0.6) is 0 Å². The summed E-state index contributed by atoms with van der Waals surface area (Å²) in [4.78, 5) is 53.7. The number of fused-ring (bicyclic) bond motifs is 2. The summed E-state index contributed by atoms with van der Waals surface area (Å²) in [5.41, 5.74) is 6.74. The van der Waals surface area contributed by atoms with E-state index in [1.807, 2.05) is 25.9 Å². The molecule has 0 saturated heterocycles. The second-order valence-electron chi connectivity index (χ2n) is 12.3. The lowest BCUT2D eigenvalue weighted by Crippen LogP contribution is -2.34. The molecular weight excluding hydrogens is 566 g/mol. The molecule has 0 aromatic heterocycles. The standard InChI is InChI=1S/C33H49N3O8/c1-19-13-24(18-38)29(40)21(3)15-22(4)31(44-33(34)43)23(17-37)10-7-9-20(2)32(42)35-27-16-28(39)25(11-8-12-36(5)6)26(14-19)30(27)41/h7,9-10,15-16,19,21,23-24,29,31,37-38,40H,8,11-14,17-18H2,1-6H3,(H2,34,43)(H,35,42)/b10-7-,20-9+,22-15+/t19-,21-,23+,24+,29+,31-/m0/s1. The van der Waals surface area contributed by atoms with E-state index in [0.717, 1.165) is 6.54 Å². The van der Waals surface area contributed by atoms with Gasteiger partial charge in [0.2, 0.25) is 5.78 Å². The third kappa shape index (κ3) is 10.4. The molecule has 0 spiro atoms. The lowest BCUT2D eigenvalue weighted by atomic mass is 9.79. The van der Waals surface area contributed by atoms with Crippen molar-refractivity contribution in [3.63, 3.8) is 0 Å². The number of aliphatic hydroxyl groups is 3. The molecule has 2 bridgehead atoms. The Morgan fingerprint density at radius 1 is 1.14 bits per heavy atom. The Kier molecular flexibility index (Phi) is 14.4. The summed E-state index contributed by atoms with van der Waals surface area (Å²) in [7, 11) is 3.86. The van der Waals surface area contributed by atoms with Crippen LogP contribution in [0.1, 0.15) is 53.4 Å². The van der Waals surface area contributed by atoms with Crippen LogP contribution in [-0.4, -0.2) is 89.8 Å². The van der Waals surface area contributed by atoms with Gasteiger partial charge < -0.3 is 36.0 Å². The molecule has 2 rings (SSSR count). The normalized spacial score (nSPS) is 31.0. The number of ketones is 2. The molecule has 2 aliphatic rings. The first-order valence-electron chi connectivity index (χ1n) is 15.1. The number of hydrogen-bond acceptors (Lipinski definition) is 9. The largest absolute Gasteiger partial charge is 0.441 e. The minimum absolute atomic E-state index is 0.108. The first-order valence-corrected chi connectivity index (χ1v) is 15.1. The van der Waals surface area contributed by atoms with Gasteiger partial charge in [-0.15, -0.1) is 0 Å². The van der Waals surface area contributed by atoms with E-state index >= 15 is 0 Å². The van der Waals surface area contributed by atoms with Gasteiger partial charge >= 0.3 is 6.09 Å². The summed E-state index contributed by atoms with van der Waals surface area (Å²) in [5, 5.41) is 34.2. The smallest absolute Gasteiger partial charge is 0.405 e. The first-order chi connectivity index (χ1) is 20.7. The van der Waals surface area contributed by atoms with Crippen molar-refractivity contribution in [1.29, 1.82) is 0 Å². The Hall–Kier alpha value is -3.38. The predicted molar refractivity (Wildman–Crippen MR) is 167 cm³/mol. The number of rotatable bonds is 7. The van der Waals surface area contributed by atoms with Gasteiger partial charge in [-0.05, 0) is 71.7 Å². The van der Waals surface area contributed by atoms with Gasteiger partial charge in [0, 0.05) is 47.2 Å². The highest BCUT2D eigenvalue weighted by molar-refractivity contribution is 6.23. The molecule has 44 heavy (non-hydrogen) atoms. The summed E-state index contributed by atoms with van der Waals surface area (Å²) in [6, 6.07) is 0. The zero-order valence-electron chi connectivity index (χ0n) is 26.7. The summed E-state index contributed by atoms with van der Waals surface area (Å²) < 4.78 is 5.33. The van der Waals surface area contributed by atoms with E-state index in [2.05, 4.69) is 5.32 Å². The quantitative estimate of drug-likeness (QED) is 0.212. The second kappa shape index (κ2) is 17.2. The van der Waals surface area contributed by atoms with Gasteiger partial charge in [-0.2, -0.15) is 0 Å². The number of aliphatic hydroxyl groups excluding tert-OH is 3. The molecule has 0 unspecified atom stereocenters. The molecule has 11 nitrogen and oxygen atoms in total. The average Bonchev–Trinajstić information content (AvgIpc) is 2.95. The Balaban J connectivity index is 2.60. The van der Waals surface area contributed by atoms with Crippen LogP contribution >= 0.6 is 0 Å². The van der Waals surface area contributed by atoms with Gasteiger partial charge in [-0.1, -0.05) is 38.2 Å². The number of allylic oxidation sites excluding steroid dienone is 5. The molecule has 0 aromatic rings. The Labute approximate surface area is 260 Å². The minimum Gasteiger partial charge on any atom is -0.441 e. The maximum absolute atomic E-state index is 13.7. The van der Waals surface area contributed by atoms with Crippen LogP contribution in [0.4, 0.5) is 4.79 Å². The summed E-state index contributed by atoms with van der Waals surface area (Å²) in [6.07, 6.45) is 6.12. The number of nitrogens with two attached hydrogens (primary N) is 1. The van der Waals surface area contributed by atoms with Crippen LogP contribution in [0.3, 0.4) is 0 Å². The van der Waals surface area contributed by atoms with Gasteiger partial charge in [0.1, 0.15) is 6.10 Å². The van der Waals surface area contributed by atoms with Crippen LogP contribution in [0.15, 0.2) is 58.4 Å². The number of amides is 2. The monoisotopic (exact) mass is 615 g/mol. The molecule has 6 N–H and O–H groups in total. The highest BCUT2D eigenvalue weighted by Crippen LogP contribution is 2.32. The zero-order chi connectivity index (χ0) is 33.1. The summed E-state index contributed by atoms with van der Waals surface area (Å²) in [5.74, 6) is -3.32. The van der Waals surface area contributed by atoms with Gasteiger partial charge in [0.25, 0.3) is 5.91 Å². The maximum Gasteiger partial charge on any atom is 0.405 e. The van der Waals surface area contributed by atoms with Gasteiger partial charge in [0.05, 0.1) is 18.4 Å². The molecule has 0 aromatic carbocycles. The first kappa shape index (κ1) is 36.8. The number of ether oxygens (including phenoxy) is 1. The molecule has 6 atom stereocenters. The molecule has 2 amide bonds. The molecule has 1 aliphatic heterocycles. The molecule has 0 radical (unpaired) electrons. The number of hydrogen-bond donors (Lipinski definition) is 5. The Morgan fingerprint density at radius 3 is 2.41 bits per heavy atom. The number of nitrogens with zero attached hydrogens (tertiary/aromatic N) is 1. The van der Waals surface area contributed by atoms with Crippen molar-refractivity contribution in [2.75, 3.05) is 33.9 Å². The fourth-order valence-corrected chi connectivity index (χ4v) is 5.73. The zero-order valence-corrected chi connectivity index (χ0v) is 26.7. The van der Waals surface area contributed by atoms with E-state index in [1.165, 1.54) is 25.2 Å². The van der Waals surface area contributed by atoms with Crippen LogP contribution < -0.4 is 11.1 Å². The van der Waals surface area contributed by atoms with Gasteiger partial charge in [0.15, 0.2) is 5.78 Å². The molecule has 244 valence electrons. The number of carbonyl (C=O) groups is 4. The highest BCUT2D eigenvalue weighted by Gasteiger charge is 2.33. The molecule has 11 heteroatoms. The lowest BCUT2D eigenvalue weighted by molar-refractivity contribution is -0.120. The maximum atomic E-state index is 13.7. The van der Waals surface area contributed by atoms with E-state index in [1.54, 1.807) is 26.0 Å². The van der Waals surface area contributed by atoms with Crippen LogP contribution in [0, 0.1) is 23.7 Å². The topological polar surface area (TPSA) is 179 Å². The van der Waals surface area contributed by atoms with Crippen molar-refractivity contribution in [3.8, 4) is 0 Å². The molecular formula is C33H49N3O8. The van der Waals surface area contributed by atoms with Crippen LogP contribution in [0.2, 0.25) is 0 Å². The van der Waals surface area contributed by atoms with Crippen molar-refractivity contribution in [2.45, 2.75) is 65.6 Å². The summed E-state index contributed by atoms with van der Waals surface area (Å²) >= 11 is 0. The number of nitrogens with one attached hydrogen (secondary N) is 1. The van der Waals surface area contributed by atoms with E-state index in [0.29, 0.717) is 36.0 Å². The van der Waals surface area contributed by atoms with Crippen LogP contribution in [0.25, 0.3) is 0 Å². The minimum atomic E-state index is -1.04. The van der Waals surface area contributed by atoms with E-state index in [4.69, 9.17) is 10.5 Å². The average molecular weight is 616 g/mol. The van der Waals surface area contributed by atoms with Crippen molar-refractivity contribution in [2.24, 2.45) is 29.4 Å². The van der Waals surface area contributed by atoms with Gasteiger partial charge in [-0.25, -0.2) is 4.79 Å². The third-order valence-corrected chi connectivity index (χ3v) is 8.13. The molecule has 1 aliphatic carbocycles. The summed E-state index contributed by atoms with van der Waals surface area (Å²) in [6.45, 7) is 6.89.